The van der Waals surface area contributed by atoms with Gasteiger partial charge in [0.2, 0.25) is 11.8 Å². The first kappa shape index (κ1) is 23.9. The van der Waals surface area contributed by atoms with Crippen molar-refractivity contribution in [2.24, 2.45) is 0 Å². The summed E-state index contributed by atoms with van der Waals surface area (Å²) in [6, 6.07) is 20.7. The Labute approximate surface area is 211 Å². The van der Waals surface area contributed by atoms with E-state index in [4.69, 9.17) is 4.42 Å². The molecule has 36 heavy (non-hydrogen) atoms. The molecular formula is C29H31N3O4. The number of hydrogen-bond donors (Lipinski definition) is 1. The predicted octanol–water partition coefficient (Wildman–Crippen LogP) is 3.59. The first-order valence-corrected chi connectivity index (χ1v) is 12.6. The third-order valence-corrected chi connectivity index (χ3v) is 7.18. The van der Waals surface area contributed by atoms with E-state index >= 15 is 0 Å². The van der Waals surface area contributed by atoms with E-state index < -0.39 is 6.04 Å². The lowest BCUT2D eigenvalue weighted by Crippen LogP contribution is -2.56. The van der Waals surface area contributed by atoms with Crippen molar-refractivity contribution < 1.29 is 18.8 Å². The molecule has 2 aromatic carbocycles. The van der Waals surface area contributed by atoms with Gasteiger partial charge in [0.25, 0.3) is 5.91 Å². The minimum absolute atomic E-state index is 0.0433. The van der Waals surface area contributed by atoms with E-state index in [1.165, 1.54) is 6.26 Å². The van der Waals surface area contributed by atoms with Crippen molar-refractivity contribution in [3.63, 3.8) is 0 Å². The number of nitrogens with one attached hydrogen (secondary N) is 1. The van der Waals surface area contributed by atoms with E-state index in [9.17, 15) is 14.4 Å². The fraction of sp³-hybridized carbons (Fsp3) is 0.345. The van der Waals surface area contributed by atoms with Gasteiger partial charge in [0, 0.05) is 38.5 Å². The van der Waals surface area contributed by atoms with Crippen molar-refractivity contribution in [2.45, 2.75) is 50.7 Å². The number of benzene rings is 2. The van der Waals surface area contributed by atoms with Crippen LogP contribution >= 0.6 is 0 Å². The third-order valence-electron chi connectivity index (χ3n) is 7.18. The molecule has 1 atom stereocenters. The highest BCUT2D eigenvalue weighted by Gasteiger charge is 2.39. The molecule has 3 amide bonds. The van der Waals surface area contributed by atoms with Gasteiger partial charge in [-0.25, -0.2) is 0 Å². The molecule has 0 radical (unpaired) electrons. The SMILES string of the molecule is O=C(CCc1ccccc1)NC1CCN(C(=O)C2Cc3ccccc3CN2C(=O)c2ccco2)CC1. The first-order chi connectivity index (χ1) is 17.6. The molecule has 1 saturated heterocycles. The van der Waals surface area contributed by atoms with Gasteiger partial charge in [-0.3, -0.25) is 14.4 Å². The van der Waals surface area contributed by atoms with Gasteiger partial charge in [0.05, 0.1) is 6.26 Å². The van der Waals surface area contributed by atoms with Gasteiger partial charge < -0.3 is 19.5 Å². The third kappa shape index (κ3) is 5.35. The zero-order chi connectivity index (χ0) is 24.9. The Morgan fingerprint density at radius 1 is 0.889 bits per heavy atom. The van der Waals surface area contributed by atoms with Crippen LogP contribution in [0.3, 0.4) is 0 Å². The van der Waals surface area contributed by atoms with E-state index in [1.54, 1.807) is 17.0 Å². The Kier molecular flexibility index (Phi) is 7.16. The molecular weight excluding hydrogens is 454 g/mol. The molecule has 5 rings (SSSR count). The van der Waals surface area contributed by atoms with Gasteiger partial charge in [-0.1, -0.05) is 54.6 Å². The van der Waals surface area contributed by atoms with E-state index in [-0.39, 0.29) is 29.5 Å². The molecule has 0 aliphatic carbocycles. The number of amides is 3. The molecule has 2 aliphatic heterocycles. The highest BCUT2D eigenvalue weighted by Crippen LogP contribution is 2.27. The maximum atomic E-state index is 13.6. The summed E-state index contributed by atoms with van der Waals surface area (Å²) in [4.78, 5) is 42.8. The number of likely N-dealkylation sites (tertiary alicyclic amines) is 1. The molecule has 1 fully saturated rings. The average Bonchev–Trinajstić information content (AvgIpc) is 3.47. The van der Waals surface area contributed by atoms with Crippen LogP contribution in [0.15, 0.2) is 77.4 Å². The van der Waals surface area contributed by atoms with Gasteiger partial charge >= 0.3 is 0 Å². The lowest BCUT2D eigenvalue weighted by Gasteiger charge is -2.40. The number of piperidine rings is 1. The zero-order valence-corrected chi connectivity index (χ0v) is 20.3. The van der Waals surface area contributed by atoms with Crippen LogP contribution in [0.2, 0.25) is 0 Å². The number of aryl methyl sites for hydroxylation is 1. The second kappa shape index (κ2) is 10.8. The molecule has 0 saturated carbocycles. The molecule has 0 spiro atoms. The molecule has 3 heterocycles. The van der Waals surface area contributed by atoms with Crippen LogP contribution in [0.4, 0.5) is 0 Å². The van der Waals surface area contributed by atoms with Gasteiger partial charge in [0.15, 0.2) is 5.76 Å². The number of furan rings is 1. The molecule has 1 unspecified atom stereocenters. The molecule has 7 nitrogen and oxygen atoms in total. The summed E-state index contributed by atoms with van der Waals surface area (Å²) >= 11 is 0. The van der Waals surface area contributed by atoms with Crippen LogP contribution in [0.25, 0.3) is 0 Å². The highest BCUT2D eigenvalue weighted by atomic mass is 16.3. The van der Waals surface area contributed by atoms with Crippen molar-refractivity contribution >= 4 is 17.7 Å². The Bertz CT molecular complexity index is 1200. The van der Waals surface area contributed by atoms with E-state index in [0.717, 1.165) is 16.7 Å². The highest BCUT2D eigenvalue weighted by molar-refractivity contribution is 5.96. The lowest BCUT2D eigenvalue weighted by molar-refractivity contribution is -0.138. The van der Waals surface area contributed by atoms with Crippen LogP contribution in [0.5, 0.6) is 0 Å². The Balaban J connectivity index is 1.19. The van der Waals surface area contributed by atoms with E-state index in [0.29, 0.717) is 51.7 Å². The molecule has 1 N–H and O–H groups in total. The van der Waals surface area contributed by atoms with Crippen LogP contribution < -0.4 is 5.32 Å². The van der Waals surface area contributed by atoms with Gasteiger partial charge in [-0.15, -0.1) is 0 Å². The maximum absolute atomic E-state index is 13.6. The quantitative estimate of drug-likeness (QED) is 0.579. The summed E-state index contributed by atoms with van der Waals surface area (Å²) in [5, 5.41) is 3.13. The minimum atomic E-state index is -0.575. The second-order valence-corrected chi connectivity index (χ2v) is 9.55. The normalized spacial score (nSPS) is 17.9. The number of nitrogens with zero attached hydrogens (tertiary/aromatic N) is 2. The van der Waals surface area contributed by atoms with Crippen molar-refractivity contribution in [3.05, 3.63) is 95.4 Å². The molecule has 186 valence electrons. The average molecular weight is 486 g/mol. The molecule has 3 aromatic rings. The Morgan fingerprint density at radius 3 is 2.33 bits per heavy atom. The summed E-state index contributed by atoms with van der Waals surface area (Å²) in [6.07, 6.45) is 4.54. The van der Waals surface area contributed by atoms with Gasteiger partial charge in [0.1, 0.15) is 6.04 Å². The smallest absolute Gasteiger partial charge is 0.290 e. The number of rotatable bonds is 6. The van der Waals surface area contributed by atoms with Crippen LogP contribution in [-0.4, -0.2) is 52.7 Å². The van der Waals surface area contributed by atoms with Crippen molar-refractivity contribution in [1.29, 1.82) is 0 Å². The Morgan fingerprint density at radius 2 is 1.61 bits per heavy atom. The summed E-state index contributed by atoms with van der Waals surface area (Å²) in [6.45, 7) is 1.49. The van der Waals surface area contributed by atoms with Crippen LogP contribution in [0.1, 0.15) is 46.5 Å². The fourth-order valence-electron chi connectivity index (χ4n) is 5.16. The summed E-state index contributed by atoms with van der Waals surface area (Å²) in [5.41, 5.74) is 3.30. The van der Waals surface area contributed by atoms with Gasteiger partial charge in [-0.05, 0) is 48.1 Å². The predicted molar refractivity (Wildman–Crippen MR) is 135 cm³/mol. The largest absolute Gasteiger partial charge is 0.459 e. The lowest BCUT2D eigenvalue weighted by atomic mass is 9.92. The maximum Gasteiger partial charge on any atom is 0.290 e. The first-order valence-electron chi connectivity index (χ1n) is 12.6. The molecule has 7 heteroatoms. The van der Waals surface area contributed by atoms with Crippen molar-refractivity contribution in [2.75, 3.05) is 13.1 Å². The van der Waals surface area contributed by atoms with Gasteiger partial charge in [-0.2, -0.15) is 0 Å². The zero-order valence-electron chi connectivity index (χ0n) is 20.3. The number of fused-ring (bicyclic) bond motifs is 1. The van der Waals surface area contributed by atoms with E-state index in [1.807, 2.05) is 59.5 Å². The van der Waals surface area contributed by atoms with E-state index in [2.05, 4.69) is 5.32 Å². The molecule has 2 aliphatic rings. The fourth-order valence-corrected chi connectivity index (χ4v) is 5.16. The van der Waals surface area contributed by atoms with Crippen LogP contribution in [-0.2, 0) is 29.0 Å². The van der Waals surface area contributed by atoms with Crippen LogP contribution in [0, 0.1) is 0 Å². The standard InChI is InChI=1S/C29H31N3O4/c33-27(13-12-21-7-2-1-3-8-21)30-24-14-16-31(17-15-24)28(34)25-19-22-9-4-5-10-23(22)20-32(25)29(35)26-11-6-18-36-26/h1-11,18,24-25H,12-17,19-20H2,(H,30,33). The molecule has 1 aromatic heterocycles. The monoisotopic (exact) mass is 485 g/mol. The number of hydrogen-bond acceptors (Lipinski definition) is 4. The summed E-state index contributed by atoms with van der Waals surface area (Å²) < 4.78 is 5.35. The Hall–Kier alpha value is -3.87. The summed E-state index contributed by atoms with van der Waals surface area (Å²) in [7, 11) is 0. The summed E-state index contributed by atoms with van der Waals surface area (Å²) in [5.74, 6) is -0.0291. The second-order valence-electron chi connectivity index (χ2n) is 9.55. The van der Waals surface area contributed by atoms with Crippen molar-refractivity contribution in [3.8, 4) is 0 Å². The topological polar surface area (TPSA) is 82.9 Å². The number of carbonyl (C=O) groups is 3. The molecule has 0 bridgehead atoms. The van der Waals surface area contributed by atoms with Crippen molar-refractivity contribution in [1.82, 2.24) is 15.1 Å². The minimum Gasteiger partial charge on any atom is -0.459 e. The number of carbonyl (C=O) groups excluding carboxylic acids is 3.